The molecule has 2 aromatic rings. The van der Waals surface area contributed by atoms with Gasteiger partial charge in [0.1, 0.15) is 5.75 Å². The lowest BCUT2D eigenvalue weighted by molar-refractivity contribution is -0.140. The number of carboxylic acids is 1. The second kappa shape index (κ2) is 4.81. The average molecular weight is 283 g/mol. The van der Waals surface area contributed by atoms with E-state index in [0.717, 1.165) is 16.7 Å². The van der Waals surface area contributed by atoms with E-state index in [9.17, 15) is 9.90 Å². The van der Waals surface area contributed by atoms with Gasteiger partial charge in [0.15, 0.2) is 0 Å². The number of carboxylic acid groups (broad SMARTS) is 1. The minimum Gasteiger partial charge on any atom is -0.496 e. The molecule has 0 bridgehead atoms. The molecule has 3 rings (SSSR count). The fraction of sp³-hybridized carbons (Fsp3) is 0.235. The van der Waals surface area contributed by atoms with Gasteiger partial charge in [-0.1, -0.05) is 24.3 Å². The third-order valence-electron chi connectivity index (χ3n) is 4.13. The van der Waals surface area contributed by atoms with E-state index >= 15 is 0 Å². The number of nitrogen functional groups attached to an aromatic ring is 1. The normalized spacial score (nSPS) is 15.5. The fourth-order valence-electron chi connectivity index (χ4n) is 2.67. The van der Waals surface area contributed by atoms with Crippen LogP contribution < -0.4 is 10.5 Å². The number of aliphatic carboxylic acids is 1. The summed E-state index contributed by atoms with van der Waals surface area (Å²) in [4.78, 5) is 11.3. The van der Waals surface area contributed by atoms with Crippen molar-refractivity contribution in [3.05, 3.63) is 48.0 Å². The molecule has 4 nitrogen and oxygen atoms in total. The first kappa shape index (κ1) is 13.5. The van der Waals surface area contributed by atoms with Crippen molar-refractivity contribution in [2.75, 3.05) is 12.8 Å². The third-order valence-corrected chi connectivity index (χ3v) is 4.13. The maximum Gasteiger partial charge on any atom is 0.314 e. The molecule has 0 aliphatic heterocycles. The molecule has 0 amide bonds. The topological polar surface area (TPSA) is 72.5 Å². The Labute approximate surface area is 123 Å². The highest BCUT2D eigenvalue weighted by Crippen LogP contribution is 2.48. The minimum atomic E-state index is -0.736. The molecule has 0 atom stereocenters. The molecule has 0 aromatic heterocycles. The van der Waals surface area contributed by atoms with Crippen LogP contribution in [0.4, 0.5) is 5.69 Å². The molecular formula is C17H17NO3. The largest absolute Gasteiger partial charge is 0.496 e. The van der Waals surface area contributed by atoms with Crippen LogP contribution in [0.2, 0.25) is 0 Å². The maximum atomic E-state index is 11.3. The Kier molecular flexibility index (Phi) is 3.09. The van der Waals surface area contributed by atoms with Crippen molar-refractivity contribution in [2.45, 2.75) is 18.3 Å². The fourth-order valence-corrected chi connectivity index (χ4v) is 2.67. The monoisotopic (exact) mass is 283 g/mol. The van der Waals surface area contributed by atoms with Crippen molar-refractivity contribution in [3.8, 4) is 16.9 Å². The summed E-state index contributed by atoms with van der Waals surface area (Å²) in [5, 5.41) is 9.32. The zero-order valence-corrected chi connectivity index (χ0v) is 11.8. The van der Waals surface area contributed by atoms with Crippen LogP contribution in [-0.2, 0) is 10.2 Å². The molecule has 1 aliphatic carbocycles. The highest BCUT2D eigenvalue weighted by atomic mass is 16.5. The lowest BCUT2D eigenvalue weighted by atomic mass is 9.93. The van der Waals surface area contributed by atoms with Crippen molar-refractivity contribution in [3.63, 3.8) is 0 Å². The summed E-state index contributed by atoms with van der Waals surface area (Å²) in [6.45, 7) is 0. The van der Waals surface area contributed by atoms with Gasteiger partial charge in [0.25, 0.3) is 0 Å². The summed E-state index contributed by atoms with van der Waals surface area (Å²) in [5.41, 5.74) is 8.54. The average Bonchev–Trinajstić information content (AvgIpc) is 3.29. The molecule has 0 spiro atoms. The minimum absolute atomic E-state index is 0.648. The van der Waals surface area contributed by atoms with E-state index in [1.807, 2.05) is 36.4 Å². The quantitative estimate of drug-likeness (QED) is 0.846. The molecule has 1 aliphatic rings. The maximum absolute atomic E-state index is 11.3. The number of ether oxygens (including phenoxy) is 1. The number of rotatable bonds is 4. The summed E-state index contributed by atoms with van der Waals surface area (Å²) in [7, 11) is 1.61. The second-order valence-electron chi connectivity index (χ2n) is 5.42. The van der Waals surface area contributed by atoms with Gasteiger partial charge in [-0.15, -0.1) is 0 Å². The van der Waals surface area contributed by atoms with Crippen LogP contribution in [-0.4, -0.2) is 18.2 Å². The molecule has 1 fully saturated rings. The van der Waals surface area contributed by atoms with Gasteiger partial charge < -0.3 is 15.6 Å². The van der Waals surface area contributed by atoms with Crippen LogP contribution in [0.5, 0.6) is 5.75 Å². The van der Waals surface area contributed by atoms with Crippen LogP contribution in [0.3, 0.4) is 0 Å². The smallest absolute Gasteiger partial charge is 0.314 e. The van der Waals surface area contributed by atoms with Gasteiger partial charge in [-0.05, 0) is 36.1 Å². The lowest BCUT2D eigenvalue weighted by Gasteiger charge is -2.13. The molecule has 0 radical (unpaired) electrons. The Bertz CT molecular complexity index is 688. The van der Waals surface area contributed by atoms with E-state index in [1.165, 1.54) is 0 Å². The highest BCUT2D eigenvalue weighted by molar-refractivity contribution is 5.85. The first-order valence-corrected chi connectivity index (χ1v) is 6.85. The number of carbonyl (C=O) groups is 1. The summed E-state index contributed by atoms with van der Waals surface area (Å²) in [6, 6.07) is 13.2. The van der Waals surface area contributed by atoms with E-state index in [2.05, 4.69) is 0 Å². The number of methoxy groups -OCH3 is 1. The number of hydrogen-bond donors (Lipinski definition) is 2. The summed E-state index contributed by atoms with van der Waals surface area (Å²) < 4.78 is 5.35. The molecule has 0 unspecified atom stereocenters. The van der Waals surface area contributed by atoms with Gasteiger partial charge in [-0.25, -0.2) is 0 Å². The van der Waals surface area contributed by atoms with Crippen LogP contribution >= 0.6 is 0 Å². The molecular weight excluding hydrogens is 266 g/mol. The van der Waals surface area contributed by atoms with Crippen molar-refractivity contribution in [2.24, 2.45) is 0 Å². The molecule has 108 valence electrons. The van der Waals surface area contributed by atoms with E-state index in [1.54, 1.807) is 13.2 Å². The molecule has 21 heavy (non-hydrogen) atoms. The molecule has 4 heteroatoms. The van der Waals surface area contributed by atoms with E-state index in [0.29, 0.717) is 24.3 Å². The summed E-state index contributed by atoms with van der Waals surface area (Å²) >= 11 is 0. The third kappa shape index (κ3) is 2.23. The lowest BCUT2D eigenvalue weighted by Crippen LogP contribution is -2.19. The summed E-state index contributed by atoms with van der Waals surface area (Å²) in [6.07, 6.45) is 1.43. The zero-order valence-electron chi connectivity index (χ0n) is 11.8. The van der Waals surface area contributed by atoms with Gasteiger partial charge in [-0.3, -0.25) is 4.79 Å². The van der Waals surface area contributed by atoms with Gasteiger partial charge in [0.2, 0.25) is 0 Å². The standard InChI is InChI=1S/C17H17NO3/c1-21-15-10-13(18)6-7-14(15)11-2-4-12(5-3-11)17(8-9-17)16(19)20/h2-7,10H,8-9,18H2,1H3,(H,19,20). The van der Waals surface area contributed by atoms with E-state index < -0.39 is 11.4 Å². The predicted octanol–water partition coefficient (Wildman–Crippen LogP) is 3.06. The Hall–Kier alpha value is -2.49. The predicted molar refractivity (Wildman–Crippen MR) is 81.4 cm³/mol. The number of nitrogens with two attached hydrogens (primary N) is 1. The number of benzene rings is 2. The SMILES string of the molecule is COc1cc(N)ccc1-c1ccc(C2(C(=O)O)CC2)cc1. The van der Waals surface area contributed by atoms with E-state index in [4.69, 9.17) is 10.5 Å². The number of hydrogen-bond acceptors (Lipinski definition) is 3. The van der Waals surface area contributed by atoms with Crippen LogP contribution in [0, 0.1) is 0 Å². The van der Waals surface area contributed by atoms with Crippen molar-refractivity contribution >= 4 is 11.7 Å². The Morgan fingerprint density at radius 3 is 2.38 bits per heavy atom. The van der Waals surface area contributed by atoms with Crippen molar-refractivity contribution < 1.29 is 14.6 Å². The number of anilines is 1. The molecule has 0 heterocycles. The zero-order chi connectivity index (χ0) is 15.0. The van der Waals surface area contributed by atoms with Gasteiger partial charge in [0.05, 0.1) is 12.5 Å². The van der Waals surface area contributed by atoms with Crippen molar-refractivity contribution in [1.82, 2.24) is 0 Å². The Morgan fingerprint density at radius 2 is 1.86 bits per heavy atom. The van der Waals surface area contributed by atoms with Crippen LogP contribution in [0.15, 0.2) is 42.5 Å². The molecule has 0 saturated heterocycles. The van der Waals surface area contributed by atoms with Gasteiger partial charge in [-0.2, -0.15) is 0 Å². The second-order valence-corrected chi connectivity index (χ2v) is 5.42. The van der Waals surface area contributed by atoms with Crippen LogP contribution in [0.1, 0.15) is 18.4 Å². The first-order valence-electron chi connectivity index (χ1n) is 6.85. The first-order chi connectivity index (χ1) is 10.1. The van der Waals surface area contributed by atoms with Crippen molar-refractivity contribution in [1.29, 1.82) is 0 Å². The highest BCUT2D eigenvalue weighted by Gasteiger charge is 2.51. The van der Waals surface area contributed by atoms with Gasteiger partial charge >= 0.3 is 5.97 Å². The molecule has 2 aromatic carbocycles. The summed E-state index contributed by atoms with van der Waals surface area (Å²) in [5.74, 6) is -0.0255. The van der Waals surface area contributed by atoms with Crippen LogP contribution in [0.25, 0.3) is 11.1 Å². The Morgan fingerprint density at radius 1 is 1.19 bits per heavy atom. The Balaban J connectivity index is 1.97. The van der Waals surface area contributed by atoms with Gasteiger partial charge in [0, 0.05) is 17.3 Å². The molecule has 3 N–H and O–H groups in total. The molecule has 1 saturated carbocycles. The van der Waals surface area contributed by atoms with E-state index in [-0.39, 0.29) is 0 Å².